The summed E-state index contributed by atoms with van der Waals surface area (Å²) >= 11 is 0. The summed E-state index contributed by atoms with van der Waals surface area (Å²) in [7, 11) is 0. The zero-order chi connectivity index (χ0) is 40.9. The molecule has 2 aliphatic rings. The maximum atomic E-state index is 14.7. The fourth-order valence-electron chi connectivity index (χ4n) is 7.47. The third-order valence-corrected chi connectivity index (χ3v) is 11.9. The smallest absolute Gasteiger partial charge is 0.266 e. The first-order valence-corrected chi connectivity index (χ1v) is 19.5. The maximum Gasteiger partial charge on any atom is 0.266 e. The Hall–Kier alpha value is -6.68. The number of ether oxygens (including phenoxy) is 2. The van der Waals surface area contributed by atoms with E-state index < -0.39 is 23.6 Å². The summed E-state index contributed by atoms with van der Waals surface area (Å²) in [6, 6.07) is 24.9. The Morgan fingerprint density at radius 1 is 0.483 bits per heavy atom. The highest BCUT2D eigenvalue weighted by atomic mass is 16.5. The normalized spacial score (nSPS) is 14.0. The van der Waals surface area contributed by atoms with Crippen LogP contribution in [0.2, 0.25) is 0 Å². The summed E-state index contributed by atoms with van der Waals surface area (Å²) in [5, 5.41) is 0.559. The average molecular weight is 773 g/mol. The van der Waals surface area contributed by atoms with Crippen molar-refractivity contribution in [2.45, 2.75) is 78.4 Å². The van der Waals surface area contributed by atoms with Crippen molar-refractivity contribution in [3.8, 4) is 11.5 Å². The van der Waals surface area contributed by atoms with E-state index in [9.17, 15) is 19.2 Å². The van der Waals surface area contributed by atoms with Gasteiger partial charge in [0.25, 0.3) is 23.6 Å². The summed E-state index contributed by atoms with van der Waals surface area (Å²) in [5.74, 6) is -1.59. The van der Waals surface area contributed by atoms with Gasteiger partial charge in [0.15, 0.2) is 0 Å². The van der Waals surface area contributed by atoms with Gasteiger partial charge < -0.3 is 9.47 Å². The molecule has 0 N–H and O–H groups in total. The quantitative estimate of drug-likeness (QED) is 0.113. The molecular formula is C48H44N4O6. The predicted octanol–water partition coefficient (Wildman–Crippen LogP) is 9.76. The van der Waals surface area contributed by atoms with Crippen molar-refractivity contribution in [3.63, 3.8) is 0 Å². The van der Waals surface area contributed by atoms with Crippen LogP contribution in [0.5, 0.6) is 11.5 Å². The first-order chi connectivity index (χ1) is 27.8. The number of nitrogens with zero attached hydrogens (tertiary/aromatic N) is 4. The van der Waals surface area contributed by atoms with Gasteiger partial charge in [0.05, 0.1) is 11.4 Å². The van der Waals surface area contributed by atoms with Gasteiger partial charge in [-0.3, -0.25) is 29.1 Å². The molecule has 10 heteroatoms. The molecule has 8 rings (SSSR count). The van der Waals surface area contributed by atoms with Gasteiger partial charge in [-0.25, -0.2) is 9.80 Å². The molecule has 292 valence electrons. The topological polar surface area (TPSA) is 119 Å². The number of rotatable bonds is 12. The molecule has 0 atom stereocenters. The van der Waals surface area contributed by atoms with Crippen LogP contribution in [0.15, 0.2) is 110 Å². The minimum Gasteiger partial charge on any atom is -0.487 e. The van der Waals surface area contributed by atoms with Crippen molar-refractivity contribution >= 4 is 45.8 Å². The molecule has 0 spiro atoms. The molecule has 0 radical (unpaired) electrons. The molecule has 6 aromatic rings. The van der Waals surface area contributed by atoms with Gasteiger partial charge in [-0.2, -0.15) is 0 Å². The number of hydrogen-bond acceptors (Lipinski definition) is 8. The lowest BCUT2D eigenvalue weighted by Crippen LogP contribution is -2.43. The van der Waals surface area contributed by atoms with Gasteiger partial charge in [0, 0.05) is 57.8 Å². The molecule has 0 unspecified atom stereocenters. The van der Waals surface area contributed by atoms with E-state index in [1.165, 1.54) is 0 Å². The summed E-state index contributed by atoms with van der Waals surface area (Å²) in [5.41, 5.74) is 4.54. The van der Waals surface area contributed by atoms with Gasteiger partial charge in [0.2, 0.25) is 0 Å². The van der Waals surface area contributed by atoms with Crippen LogP contribution in [0.4, 0.5) is 11.4 Å². The van der Waals surface area contributed by atoms with E-state index in [2.05, 4.69) is 51.5 Å². The number of hydrogen-bond donors (Lipinski definition) is 0. The first-order valence-electron chi connectivity index (χ1n) is 19.5. The Morgan fingerprint density at radius 3 is 1.12 bits per heavy atom. The minimum atomic E-state index is -0.579. The van der Waals surface area contributed by atoms with Crippen LogP contribution in [0.3, 0.4) is 0 Å². The molecular weight excluding hydrogens is 729 g/mol. The van der Waals surface area contributed by atoms with E-state index in [1.807, 2.05) is 48.5 Å². The molecule has 0 fully saturated rings. The lowest BCUT2D eigenvalue weighted by Gasteiger charge is -2.34. The summed E-state index contributed by atoms with van der Waals surface area (Å²) in [6.45, 7) is 13.0. The largest absolute Gasteiger partial charge is 0.487 e. The molecule has 58 heavy (non-hydrogen) atoms. The number of carbonyl (C=O) groups excluding carboxylic acids is 4. The molecule has 2 aromatic heterocycles. The standard InChI is InChI=1S/C48H44N4O6/c1-7-47(3,4)31-9-15-39(57-27-29-17-21-49-22-18-29)37(25-31)51-43(53)33-11-13-35-42-36(14-12-34(41(33)42)44(51)54)46(56)52(45(35)55)38-26-32(48(5,6)8-2)10-16-40(38)58-28-30-19-23-50-24-20-30/h9-26H,7-8,27-28H2,1-6H3. The fourth-order valence-corrected chi connectivity index (χ4v) is 7.47. The molecule has 4 amide bonds. The van der Waals surface area contributed by atoms with Gasteiger partial charge in [-0.05, 0) is 119 Å². The minimum absolute atomic E-state index is 0.192. The third kappa shape index (κ3) is 6.48. The highest BCUT2D eigenvalue weighted by Gasteiger charge is 2.42. The van der Waals surface area contributed by atoms with E-state index >= 15 is 0 Å². The maximum absolute atomic E-state index is 14.7. The molecule has 4 heterocycles. The van der Waals surface area contributed by atoms with Crippen molar-refractivity contribution in [2.24, 2.45) is 0 Å². The highest BCUT2D eigenvalue weighted by Crippen LogP contribution is 2.45. The molecule has 0 saturated carbocycles. The second-order valence-electron chi connectivity index (χ2n) is 16.1. The molecule has 0 bridgehead atoms. The van der Waals surface area contributed by atoms with E-state index in [1.54, 1.807) is 61.2 Å². The fraction of sp³-hybridized carbons (Fsp3) is 0.250. The van der Waals surface area contributed by atoms with E-state index in [4.69, 9.17) is 9.47 Å². The third-order valence-electron chi connectivity index (χ3n) is 11.9. The Bertz CT molecular complexity index is 2380. The van der Waals surface area contributed by atoms with Crippen LogP contribution in [0.1, 0.15) is 118 Å². The van der Waals surface area contributed by atoms with Crippen LogP contribution in [-0.2, 0) is 24.0 Å². The molecule has 0 saturated heterocycles. The van der Waals surface area contributed by atoms with Crippen LogP contribution in [0.25, 0.3) is 10.8 Å². The molecule has 2 aliphatic heterocycles. The second-order valence-corrected chi connectivity index (χ2v) is 16.1. The van der Waals surface area contributed by atoms with Crippen molar-refractivity contribution < 1.29 is 28.7 Å². The summed E-state index contributed by atoms with van der Waals surface area (Å²) < 4.78 is 12.6. The van der Waals surface area contributed by atoms with Crippen LogP contribution in [0, 0.1) is 0 Å². The van der Waals surface area contributed by atoms with Gasteiger partial charge >= 0.3 is 0 Å². The Kier molecular flexibility index (Phi) is 9.67. The van der Waals surface area contributed by atoms with E-state index in [0.717, 1.165) is 44.9 Å². The Balaban J connectivity index is 1.22. The summed E-state index contributed by atoms with van der Waals surface area (Å²) in [4.78, 5) is 69.2. The lowest BCUT2D eigenvalue weighted by molar-refractivity contribution is 0.0871. The van der Waals surface area contributed by atoms with Gasteiger partial charge in [0.1, 0.15) is 24.7 Å². The molecule has 0 aliphatic carbocycles. The van der Waals surface area contributed by atoms with Crippen molar-refractivity contribution in [1.29, 1.82) is 0 Å². The molecule has 4 aromatic carbocycles. The first kappa shape index (κ1) is 38.2. The number of carbonyl (C=O) groups is 4. The number of aromatic nitrogens is 2. The highest BCUT2D eigenvalue weighted by molar-refractivity contribution is 6.42. The van der Waals surface area contributed by atoms with Crippen molar-refractivity contribution in [3.05, 3.63) is 154 Å². The number of amides is 4. The van der Waals surface area contributed by atoms with E-state index in [0.29, 0.717) is 22.9 Å². The monoisotopic (exact) mass is 772 g/mol. The van der Waals surface area contributed by atoms with Gasteiger partial charge in [-0.15, -0.1) is 0 Å². The predicted molar refractivity (Wildman–Crippen MR) is 223 cm³/mol. The zero-order valence-corrected chi connectivity index (χ0v) is 33.5. The number of anilines is 2. The number of pyridine rings is 2. The van der Waals surface area contributed by atoms with Crippen LogP contribution in [-0.4, -0.2) is 33.6 Å². The van der Waals surface area contributed by atoms with Crippen LogP contribution >= 0.6 is 0 Å². The number of imide groups is 2. The van der Waals surface area contributed by atoms with Crippen molar-refractivity contribution in [1.82, 2.24) is 9.97 Å². The van der Waals surface area contributed by atoms with Crippen LogP contribution < -0.4 is 19.3 Å². The molecule has 10 nitrogen and oxygen atoms in total. The van der Waals surface area contributed by atoms with Crippen molar-refractivity contribution in [2.75, 3.05) is 9.80 Å². The SMILES string of the molecule is CCC(C)(C)c1ccc(OCc2ccncc2)c(N2C(=O)c3ccc4c5c(ccc(c35)C2=O)C(=O)N(c2cc(C(C)(C)CC)ccc2OCc2ccncc2)C4=O)c1. The summed E-state index contributed by atoms with van der Waals surface area (Å²) in [6.07, 6.45) is 8.34. The van der Waals surface area contributed by atoms with Gasteiger partial charge in [-0.1, -0.05) is 53.7 Å². The Labute approximate surface area is 337 Å². The lowest BCUT2D eigenvalue weighted by atomic mass is 9.81. The average Bonchev–Trinajstić information content (AvgIpc) is 3.24. The zero-order valence-electron chi connectivity index (χ0n) is 33.5. The Morgan fingerprint density at radius 2 is 0.810 bits per heavy atom. The van der Waals surface area contributed by atoms with E-state index in [-0.39, 0.29) is 57.1 Å². The second kappa shape index (κ2) is 14.7. The number of benzene rings is 4.